The van der Waals surface area contributed by atoms with E-state index in [0.29, 0.717) is 27.5 Å². The van der Waals surface area contributed by atoms with Gasteiger partial charge in [-0.05, 0) is 6.92 Å². The van der Waals surface area contributed by atoms with Gasteiger partial charge >= 0.3 is 6.18 Å². The molecule has 2 aromatic heterocycles. The van der Waals surface area contributed by atoms with Crippen LogP contribution in [0, 0.1) is 6.92 Å². The number of alkyl halides is 3. The third-order valence-corrected chi connectivity index (χ3v) is 3.15. The maximum Gasteiger partial charge on any atom is 0.443 e. The van der Waals surface area contributed by atoms with E-state index in [4.69, 9.17) is 5.73 Å². The molecule has 4 nitrogen and oxygen atoms in total. The molecule has 0 radical (unpaired) electrons. The molecular formula is C9H7F3N4S. The quantitative estimate of drug-likeness (QED) is 0.855. The minimum absolute atomic E-state index is 0.247. The van der Waals surface area contributed by atoms with Gasteiger partial charge in [-0.1, -0.05) is 0 Å². The highest BCUT2D eigenvalue weighted by atomic mass is 32.1. The fourth-order valence-electron chi connectivity index (χ4n) is 1.23. The zero-order valence-electron chi connectivity index (χ0n) is 8.62. The first-order valence-corrected chi connectivity index (χ1v) is 5.31. The average Bonchev–Trinajstić information content (AvgIpc) is 2.70. The van der Waals surface area contributed by atoms with E-state index < -0.39 is 11.2 Å². The smallest absolute Gasteiger partial charge is 0.383 e. The largest absolute Gasteiger partial charge is 0.443 e. The monoisotopic (exact) mass is 260 g/mol. The second kappa shape index (κ2) is 3.95. The predicted molar refractivity (Wildman–Crippen MR) is 57.3 cm³/mol. The SMILES string of the molecule is Cc1c(N)ncnc1-c1cnc(C(F)(F)F)s1. The summed E-state index contributed by atoms with van der Waals surface area (Å²) in [5, 5.41) is -0.899. The Bertz CT molecular complexity index is 549. The molecule has 0 amide bonds. The molecule has 90 valence electrons. The van der Waals surface area contributed by atoms with E-state index in [0.717, 1.165) is 6.20 Å². The standard InChI is InChI=1S/C9H7F3N4S/c1-4-6(15-3-16-7(4)13)5-2-14-8(17-5)9(10,11)12/h2-3H,1H3,(H2,13,15,16). The van der Waals surface area contributed by atoms with Crippen LogP contribution < -0.4 is 5.73 Å². The molecule has 0 saturated carbocycles. The molecule has 0 aliphatic carbocycles. The highest BCUT2D eigenvalue weighted by Crippen LogP contribution is 2.36. The number of thiazole rings is 1. The van der Waals surface area contributed by atoms with Crippen LogP contribution in [0.15, 0.2) is 12.5 Å². The van der Waals surface area contributed by atoms with Gasteiger partial charge in [0.05, 0.1) is 10.6 Å². The number of hydrogen-bond donors (Lipinski definition) is 1. The normalized spacial score (nSPS) is 11.8. The molecule has 8 heteroatoms. The van der Waals surface area contributed by atoms with Gasteiger partial charge in [0.25, 0.3) is 0 Å². The van der Waals surface area contributed by atoms with Crippen molar-refractivity contribution in [1.82, 2.24) is 15.0 Å². The zero-order valence-corrected chi connectivity index (χ0v) is 9.43. The third-order valence-electron chi connectivity index (χ3n) is 2.10. The fraction of sp³-hybridized carbons (Fsp3) is 0.222. The number of nitrogens with zero attached hydrogens (tertiary/aromatic N) is 3. The molecule has 0 saturated heterocycles. The summed E-state index contributed by atoms with van der Waals surface area (Å²) >= 11 is 0.534. The van der Waals surface area contributed by atoms with Crippen molar-refractivity contribution in [2.45, 2.75) is 13.1 Å². The van der Waals surface area contributed by atoms with Crippen LogP contribution in [0.3, 0.4) is 0 Å². The lowest BCUT2D eigenvalue weighted by Gasteiger charge is -2.03. The number of halogens is 3. The molecule has 0 fully saturated rings. The molecule has 0 aliphatic rings. The summed E-state index contributed by atoms with van der Waals surface area (Å²) in [6.45, 7) is 1.65. The van der Waals surface area contributed by atoms with Crippen molar-refractivity contribution >= 4 is 17.2 Å². The van der Waals surface area contributed by atoms with Gasteiger partial charge < -0.3 is 5.73 Å². The number of nitrogen functional groups attached to an aromatic ring is 1. The maximum atomic E-state index is 12.4. The molecule has 0 atom stereocenters. The summed E-state index contributed by atoms with van der Waals surface area (Å²) in [6.07, 6.45) is -2.08. The van der Waals surface area contributed by atoms with Crippen molar-refractivity contribution in [2.75, 3.05) is 5.73 Å². The molecule has 2 rings (SSSR count). The van der Waals surface area contributed by atoms with Gasteiger partial charge in [-0.2, -0.15) is 13.2 Å². The molecule has 0 aromatic carbocycles. The Kier molecular flexibility index (Phi) is 2.74. The minimum Gasteiger partial charge on any atom is -0.383 e. The molecule has 0 spiro atoms. The summed E-state index contributed by atoms with van der Waals surface area (Å²) in [7, 11) is 0. The van der Waals surface area contributed by atoms with E-state index in [1.165, 1.54) is 6.33 Å². The van der Waals surface area contributed by atoms with Crippen LogP contribution in [0.4, 0.5) is 19.0 Å². The van der Waals surface area contributed by atoms with Crippen LogP contribution in [0.25, 0.3) is 10.6 Å². The second-order valence-corrected chi connectivity index (χ2v) is 4.29. The van der Waals surface area contributed by atoms with Gasteiger partial charge in [-0.25, -0.2) is 15.0 Å². The van der Waals surface area contributed by atoms with Crippen molar-refractivity contribution in [3.63, 3.8) is 0 Å². The van der Waals surface area contributed by atoms with Gasteiger partial charge in [-0.15, -0.1) is 11.3 Å². The molecule has 0 aliphatic heterocycles. The van der Waals surface area contributed by atoms with Gasteiger partial charge in [0, 0.05) is 11.8 Å². The van der Waals surface area contributed by atoms with Crippen LogP contribution >= 0.6 is 11.3 Å². The summed E-state index contributed by atoms with van der Waals surface area (Å²) < 4.78 is 37.2. The third kappa shape index (κ3) is 2.21. The molecule has 0 bridgehead atoms. The van der Waals surface area contributed by atoms with Gasteiger partial charge in [-0.3, -0.25) is 0 Å². The van der Waals surface area contributed by atoms with Crippen LogP contribution in [0.1, 0.15) is 10.6 Å². The van der Waals surface area contributed by atoms with E-state index >= 15 is 0 Å². The van der Waals surface area contributed by atoms with Crippen molar-refractivity contribution in [3.05, 3.63) is 23.1 Å². The number of anilines is 1. The summed E-state index contributed by atoms with van der Waals surface area (Å²) in [5.74, 6) is 0.247. The lowest BCUT2D eigenvalue weighted by atomic mass is 10.2. The Balaban J connectivity index is 2.48. The highest BCUT2D eigenvalue weighted by Gasteiger charge is 2.34. The predicted octanol–water partition coefficient (Wildman–Crippen LogP) is 2.51. The Morgan fingerprint density at radius 2 is 1.94 bits per heavy atom. The second-order valence-electron chi connectivity index (χ2n) is 3.26. The fourth-order valence-corrected chi connectivity index (χ4v) is 2.06. The average molecular weight is 260 g/mol. The van der Waals surface area contributed by atoms with E-state index in [2.05, 4.69) is 15.0 Å². The van der Waals surface area contributed by atoms with Crippen LogP contribution in [0.2, 0.25) is 0 Å². The van der Waals surface area contributed by atoms with E-state index in [-0.39, 0.29) is 5.82 Å². The van der Waals surface area contributed by atoms with Crippen molar-refractivity contribution in [1.29, 1.82) is 0 Å². The van der Waals surface area contributed by atoms with Crippen molar-refractivity contribution < 1.29 is 13.2 Å². The zero-order chi connectivity index (χ0) is 12.6. The van der Waals surface area contributed by atoms with Crippen LogP contribution in [-0.4, -0.2) is 15.0 Å². The molecule has 0 unspecified atom stereocenters. The number of hydrogen-bond acceptors (Lipinski definition) is 5. The van der Waals surface area contributed by atoms with Crippen molar-refractivity contribution in [3.8, 4) is 10.6 Å². The maximum absolute atomic E-state index is 12.4. The number of nitrogens with two attached hydrogens (primary N) is 1. The first kappa shape index (κ1) is 11.8. The lowest BCUT2D eigenvalue weighted by Crippen LogP contribution is -2.02. The molecule has 2 aromatic rings. The van der Waals surface area contributed by atoms with Crippen LogP contribution in [0.5, 0.6) is 0 Å². The summed E-state index contributed by atoms with van der Waals surface area (Å²) in [6, 6.07) is 0. The van der Waals surface area contributed by atoms with Gasteiger partial charge in [0.2, 0.25) is 0 Å². The number of rotatable bonds is 1. The molecule has 2 heterocycles. The van der Waals surface area contributed by atoms with Gasteiger partial charge in [0.1, 0.15) is 12.1 Å². The lowest BCUT2D eigenvalue weighted by molar-refractivity contribution is -0.137. The Hall–Kier alpha value is -1.70. The van der Waals surface area contributed by atoms with E-state index in [9.17, 15) is 13.2 Å². The Morgan fingerprint density at radius 3 is 2.53 bits per heavy atom. The first-order chi connectivity index (χ1) is 7.89. The Morgan fingerprint density at radius 1 is 1.24 bits per heavy atom. The van der Waals surface area contributed by atoms with Gasteiger partial charge in [0.15, 0.2) is 5.01 Å². The summed E-state index contributed by atoms with van der Waals surface area (Å²) in [5.41, 5.74) is 6.49. The topological polar surface area (TPSA) is 64.7 Å². The summed E-state index contributed by atoms with van der Waals surface area (Å²) in [4.78, 5) is 11.3. The van der Waals surface area contributed by atoms with Crippen molar-refractivity contribution in [2.24, 2.45) is 0 Å². The molecular weight excluding hydrogens is 253 g/mol. The van der Waals surface area contributed by atoms with Crippen LogP contribution in [-0.2, 0) is 6.18 Å². The molecule has 17 heavy (non-hydrogen) atoms. The minimum atomic E-state index is -4.44. The first-order valence-electron chi connectivity index (χ1n) is 4.50. The van der Waals surface area contributed by atoms with E-state index in [1.807, 2.05) is 0 Å². The Labute approximate surface area is 98.4 Å². The number of aromatic nitrogens is 3. The highest BCUT2D eigenvalue weighted by molar-refractivity contribution is 7.15. The van der Waals surface area contributed by atoms with E-state index in [1.54, 1.807) is 6.92 Å². The molecule has 2 N–H and O–H groups in total.